The summed E-state index contributed by atoms with van der Waals surface area (Å²) in [7, 11) is 0. The van der Waals surface area contributed by atoms with Gasteiger partial charge in [-0.3, -0.25) is 0 Å². The largest absolute Gasteiger partial charge is 0.326 e. The van der Waals surface area contributed by atoms with Crippen molar-refractivity contribution in [2.75, 3.05) is 0 Å². The molecule has 2 N–H and O–H groups in total. The third-order valence-corrected chi connectivity index (χ3v) is 4.49. The minimum absolute atomic E-state index is 0.605. The first-order valence-corrected chi connectivity index (χ1v) is 7.74. The lowest BCUT2D eigenvalue weighted by Gasteiger charge is -2.07. The van der Waals surface area contributed by atoms with Crippen LogP contribution in [0.5, 0.6) is 0 Å². The van der Waals surface area contributed by atoms with Gasteiger partial charge in [0, 0.05) is 17.2 Å². The van der Waals surface area contributed by atoms with Crippen molar-refractivity contribution < 1.29 is 0 Å². The molecular weight excluding hydrogens is 262 g/mol. The molecule has 20 heavy (non-hydrogen) atoms. The molecule has 0 saturated carbocycles. The van der Waals surface area contributed by atoms with Crippen LogP contribution >= 0.6 is 11.8 Å². The van der Waals surface area contributed by atoms with E-state index in [0.717, 1.165) is 5.75 Å². The van der Waals surface area contributed by atoms with Crippen molar-refractivity contribution in [3.8, 4) is 0 Å². The number of thioether (sulfide) groups is 1. The van der Waals surface area contributed by atoms with E-state index in [-0.39, 0.29) is 0 Å². The Balaban J connectivity index is 1.79. The maximum absolute atomic E-state index is 5.62. The van der Waals surface area contributed by atoms with Crippen LogP contribution in [-0.2, 0) is 12.3 Å². The average molecular weight is 279 g/mol. The molecule has 0 aliphatic carbocycles. The van der Waals surface area contributed by atoms with Crippen molar-refractivity contribution in [1.29, 1.82) is 0 Å². The number of nitrogens with two attached hydrogens (primary N) is 1. The lowest BCUT2D eigenvalue weighted by Crippen LogP contribution is -1.94. The highest BCUT2D eigenvalue weighted by atomic mass is 32.2. The van der Waals surface area contributed by atoms with E-state index in [4.69, 9.17) is 5.73 Å². The summed E-state index contributed by atoms with van der Waals surface area (Å²) >= 11 is 1.87. The fourth-order valence-corrected chi connectivity index (χ4v) is 3.20. The van der Waals surface area contributed by atoms with E-state index in [2.05, 4.69) is 66.7 Å². The summed E-state index contributed by atoms with van der Waals surface area (Å²) < 4.78 is 0. The predicted octanol–water partition coefficient (Wildman–Crippen LogP) is 4.59. The van der Waals surface area contributed by atoms with Crippen LogP contribution in [0, 0.1) is 0 Å². The van der Waals surface area contributed by atoms with Gasteiger partial charge in [0.25, 0.3) is 0 Å². The number of benzene rings is 3. The molecule has 0 heterocycles. The van der Waals surface area contributed by atoms with Crippen molar-refractivity contribution in [3.63, 3.8) is 0 Å². The molecule has 0 atom stereocenters. The normalized spacial score (nSPS) is 10.8. The molecule has 3 rings (SSSR count). The summed E-state index contributed by atoms with van der Waals surface area (Å²) in [5.41, 5.74) is 8.19. The highest BCUT2D eigenvalue weighted by Gasteiger charge is 2.01. The molecule has 0 aliphatic heterocycles. The monoisotopic (exact) mass is 279 g/mol. The van der Waals surface area contributed by atoms with Gasteiger partial charge in [0.2, 0.25) is 0 Å². The van der Waals surface area contributed by atoms with E-state index in [1.54, 1.807) is 0 Å². The summed E-state index contributed by atoms with van der Waals surface area (Å²) in [5, 5.41) is 2.66. The van der Waals surface area contributed by atoms with Crippen LogP contribution in [0.25, 0.3) is 10.8 Å². The Kier molecular flexibility index (Phi) is 4.05. The predicted molar refractivity (Wildman–Crippen MR) is 87.8 cm³/mol. The summed E-state index contributed by atoms with van der Waals surface area (Å²) in [5.74, 6) is 0.989. The van der Waals surface area contributed by atoms with Crippen LogP contribution in [0.4, 0.5) is 0 Å². The van der Waals surface area contributed by atoms with Crippen LogP contribution in [-0.4, -0.2) is 0 Å². The zero-order valence-corrected chi connectivity index (χ0v) is 12.1. The van der Waals surface area contributed by atoms with Gasteiger partial charge in [0.1, 0.15) is 0 Å². The van der Waals surface area contributed by atoms with Gasteiger partial charge in [0.15, 0.2) is 0 Å². The smallest absolute Gasteiger partial charge is 0.0238 e. The molecule has 2 heteroatoms. The SMILES string of the molecule is NCc1ccc(SCc2cccc3ccccc23)cc1. The molecule has 3 aromatic rings. The zero-order chi connectivity index (χ0) is 13.8. The molecule has 0 bridgehead atoms. The second kappa shape index (κ2) is 6.12. The first-order chi connectivity index (χ1) is 9.86. The van der Waals surface area contributed by atoms with E-state index in [1.807, 2.05) is 11.8 Å². The Labute approximate surface area is 123 Å². The summed E-state index contributed by atoms with van der Waals surface area (Å²) in [6.45, 7) is 0.605. The molecule has 0 aliphatic rings. The van der Waals surface area contributed by atoms with Gasteiger partial charge < -0.3 is 5.73 Å². The quantitative estimate of drug-likeness (QED) is 0.707. The molecule has 100 valence electrons. The first kappa shape index (κ1) is 13.2. The van der Waals surface area contributed by atoms with Crippen LogP contribution in [0.15, 0.2) is 71.6 Å². The molecule has 1 nitrogen and oxygen atoms in total. The Hall–Kier alpha value is -1.77. The Morgan fingerprint density at radius 1 is 0.800 bits per heavy atom. The highest BCUT2D eigenvalue weighted by molar-refractivity contribution is 7.98. The van der Waals surface area contributed by atoms with Crippen LogP contribution in [0.3, 0.4) is 0 Å². The molecule has 3 aromatic carbocycles. The van der Waals surface area contributed by atoms with E-state index in [9.17, 15) is 0 Å². The number of fused-ring (bicyclic) bond motifs is 1. The topological polar surface area (TPSA) is 26.0 Å². The van der Waals surface area contributed by atoms with E-state index in [1.165, 1.54) is 26.8 Å². The van der Waals surface area contributed by atoms with Gasteiger partial charge in [0.05, 0.1) is 0 Å². The Bertz CT molecular complexity index is 699. The highest BCUT2D eigenvalue weighted by Crippen LogP contribution is 2.27. The summed E-state index contributed by atoms with van der Waals surface area (Å²) in [4.78, 5) is 1.29. The van der Waals surface area contributed by atoms with Gasteiger partial charge >= 0.3 is 0 Å². The summed E-state index contributed by atoms with van der Waals surface area (Å²) in [6.07, 6.45) is 0. The van der Waals surface area contributed by atoms with E-state index < -0.39 is 0 Å². The lowest BCUT2D eigenvalue weighted by molar-refractivity contribution is 1.07. The van der Waals surface area contributed by atoms with Crippen LogP contribution < -0.4 is 5.73 Å². The Morgan fingerprint density at radius 2 is 1.55 bits per heavy atom. The van der Waals surface area contributed by atoms with Crippen molar-refractivity contribution in [1.82, 2.24) is 0 Å². The maximum atomic E-state index is 5.62. The molecule has 0 radical (unpaired) electrons. The molecule has 0 amide bonds. The van der Waals surface area contributed by atoms with E-state index in [0.29, 0.717) is 6.54 Å². The van der Waals surface area contributed by atoms with Gasteiger partial charge in [-0.25, -0.2) is 0 Å². The number of rotatable bonds is 4. The fraction of sp³-hybridized carbons (Fsp3) is 0.111. The molecule has 0 unspecified atom stereocenters. The molecule has 0 aromatic heterocycles. The molecular formula is C18H17NS. The first-order valence-electron chi connectivity index (χ1n) is 6.75. The molecule has 0 saturated heterocycles. The van der Waals surface area contributed by atoms with E-state index >= 15 is 0 Å². The van der Waals surface area contributed by atoms with Crippen molar-refractivity contribution in [2.45, 2.75) is 17.2 Å². The average Bonchev–Trinajstić information content (AvgIpc) is 2.53. The number of hydrogen-bond donors (Lipinski definition) is 1. The second-order valence-corrected chi connectivity index (χ2v) is 5.82. The van der Waals surface area contributed by atoms with Crippen molar-refractivity contribution in [3.05, 3.63) is 77.9 Å². The van der Waals surface area contributed by atoms with Crippen molar-refractivity contribution >= 4 is 22.5 Å². The third kappa shape index (κ3) is 2.87. The fourth-order valence-electron chi connectivity index (χ4n) is 2.30. The maximum Gasteiger partial charge on any atom is 0.0238 e. The standard InChI is InChI=1S/C18H17NS/c19-12-14-8-10-17(11-9-14)20-13-16-6-3-5-15-4-1-2-7-18(15)16/h1-11H,12-13,19H2. The van der Waals surface area contributed by atoms with Crippen LogP contribution in [0.2, 0.25) is 0 Å². The minimum atomic E-state index is 0.605. The van der Waals surface area contributed by atoms with Crippen molar-refractivity contribution in [2.24, 2.45) is 5.73 Å². The third-order valence-electron chi connectivity index (χ3n) is 3.43. The van der Waals surface area contributed by atoms with Gasteiger partial charge in [-0.1, -0.05) is 54.6 Å². The molecule has 0 fully saturated rings. The zero-order valence-electron chi connectivity index (χ0n) is 11.3. The van der Waals surface area contributed by atoms with Gasteiger partial charge in [-0.2, -0.15) is 0 Å². The van der Waals surface area contributed by atoms with Crippen LogP contribution in [0.1, 0.15) is 11.1 Å². The van der Waals surface area contributed by atoms with Gasteiger partial charge in [-0.05, 0) is 34.0 Å². The lowest BCUT2D eigenvalue weighted by atomic mass is 10.1. The Morgan fingerprint density at radius 3 is 2.35 bits per heavy atom. The molecule has 0 spiro atoms. The number of hydrogen-bond acceptors (Lipinski definition) is 2. The van der Waals surface area contributed by atoms with Gasteiger partial charge in [-0.15, -0.1) is 11.8 Å². The second-order valence-electron chi connectivity index (χ2n) is 4.78. The minimum Gasteiger partial charge on any atom is -0.326 e. The summed E-state index contributed by atoms with van der Waals surface area (Å²) in [6, 6.07) is 23.6.